The van der Waals surface area contributed by atoms with E-state index < -0.39 is 9.84 Å². The molecule has 2 atom stereocenters. The summed E-state index contributed by atoms with van der Waals surface area (Å²) < 4.78 is 23.5. The largest absolute Gasteiger partial charge is 0.348 e. The lowest BCUT2D eigenvalue weighted by atomic mass is 9.94. The van der Waals surface area contributed by atoms with Gasteiger partial charge in [0.15, 0.2) is 9.84 Å². The van der Waals surface area contributed by atoms with E-state index in [1.807, 2.05) is 0 Å². The average Bonchev–Trinajstić information content (AvgIpc) is 2.40. The molecule has 0 radical (unpaired) electrons. The van der Waals surface area contributed by atoms with E-state index in [4.69, 9.17) is 0 Å². The van der Waals surface area contributed by atoms with Crippen LogP contribution in [0.4, 0.5) is 0 Å². The summed E-state index contributed by atoms with van der Waals surface area (Å²) in [6, 6.07) is 4.88. The van der Waals surface area contributed by atoms with Crippen molar-refractivity contribution >= 4 is 28.2 Å². The number of halogens is 1. The number of sulfone groups is 1. The van der Waals surface area contributed by atoms with Crippen LogP contribution in [-0.2, 0) is 9.84 Å². The van der Waals surface area contributed by atoms with Gasteiger partial charge < -0.3 is 10.6 Å². The van der Waals surface area contributed by atoms with Gasteiger partial charge in [-0.2, -0.15) is 0 Å². The molecule has 0 aliphatic carbocycles. The molecule has 2 unspecified atom stereocenters. The van der Waals surface area contributed by atoms with Crippen LogP contribution in [0.1, 0.15) is 29.3 Å². The molecule has 0 saturated carbocycles. The van der Waals surface area contributed by atoms with Crippen molar-refractivity contribution < 1.29 is 13.2 Å². The number of carbonyl (C=O) groups is 1. The molecule has 0 spiro atoms. The van der Waals surface area contributed by atoms with Crippen molar-refractivity contribution in [3.63, 3.8) is 0 Å². The molecule has 2 rings (SSSR count). The topological polar surface area (TPSA) is 75.3 Å². The molecular weight excluding hydrogens is 324 g/mol. The standard InChI is InChI=1S/C15H22N2O3S.ClH/c1-10-6-7-16-9-13(10)17-15(18)12-5-4-11(2)14(8-12)21(3,19)20;/h4-5,8,10,13,16H,6-7,9H2,1-3H3,(H,17,18);1H. The van der Waals surface area contributed by atoms with Crippen molar-refractivity contribution in [2.75, 3.05) is 19.3 Å². The van der Waals surface area contributed by atoms with Crippen molar-refractivity contribution in [2.45, 2.75) is 31.2 Å². The lowest BCUT2D eigenvalue weighted by molar-refractivity contribution is 0.0915. The van der Waals surface area contributed by atoms with Crippen molar-refractivity contribution in [2.24, 2.45) is 5.92 Å². The van der Waals surface area contributed by atoms with E-state index in [2.05, 4.69) is 17.6 Å². The van der Waals surface area contributed by atoms with Gasteiger partial charge in [-0.1, -0.05) is 13.0 Å². The van der Waals surface area contributed by atoms with E-state index in [1.165, 1.54) is 6.07 Å². The molecule has 1 heterocycles. The molecule has 0 aromatic heterocycles. The van der Waals surface area contributed by atoms with Gasteiger partial charge in [0.1, 0.15) is 0 Å². The fourth-order valence-electron chi connectivity index (χ4n) is 2.58. The van der Waals surface area contributed by atoms with E-state index >= 15 is 0 Å². The Morgan fingerprint density at radius 3 is 2.64 bits per heavy atom. The SMILES string of the molecule is Cc1ccc(C(=O)NC2CNCCC2C)cc1S(C)(=O)=O.Cl. The Kier molecular flexibility index (Phi) is 6.40. The highest BCUT2D eigenvalue weighted by atomic mass is 35.5. The summed E-state index contributed by atoms with van der Waals surface area (Å²) in [5.41, 5.74) is 1.04. The van der Waals surface area contributed by atoms with Crippen LogP contribution in [0, 0.1) is 12.8 Å². The Bertz CT molecular complexity index is 646. The Morgan fingerprint density at radius 1 is 1.36 bits per heavy atom. The molecule has 1 aliphatic heterocycles. The van der Waals surface area contributed by atoms with Gasteiger partial charge >= 0.3 is 0 Å². The summed E-state index contributed by atoms with van der Waals surface area (Å²) in [6.07, 6.45) is 2.18. The summed E-state index contributed by atoms with van der Waals surface area (Å²) in [6.45, 7) is 5.56. The van der Waals surface area contributed by atoms with Crippen LogP contribution < -0.4 is 10.6 Å². The van der Waals surface area contributed by atoms with Crippen LogP contribution in [0.3, 0.4) is 0 Å². The van der Waals surface area contributed by atoms with Gasteiger partial charge in [0.05, 0.1) is 4.90 Å². The summed E-state index contributed by atoms with van der Waals surface area (Å²) in [7, 11) is -3.33. The third-order valence-corrected chi connectivity index (χ3v) is 5.23. The first-order valence-corrected chi connectivity index (χ1v) is 9.00. The number of hydrogen-bond acceptors (Lipinski definition) is 4. The molecule has 5 nitrogen and oxygen atoms in total. The molecule has 1 amide bonds. The van der Waals surface area contributed by atoms with Gasteiger partial charge in [-0.15, -0.1) is 12.4 Å². The number of aryl methyl sites for hydroxylation is 1. The predicted molar refractivity (Wildman–Crippen MR) is 89.4 cm³/mol. The molecule has 1 aromatic carbocycles. The number of rotatable bonds is 3. The van der Waals surface area contributed by atoms with Crippen LogP contribution in [0.15, 0.2) is 23.1 Å². The first-order valence-electron chi connectivity index (χ1n) is 7.11. The summed E-state index contributed by atoms with van der Waals surface area (Å²) in [5.74, 6) is 0.190. The Morgan fingerprint density at radius 2 is 2.05 bits per heavy atom. The quantitative estimate of drug-likeness (QED) is 0.870. The average molecular weight is 347 g/mol. The molecule has 7 heteroatoms. The highest BCUT2D eigenvalue weighted by molar-refractivity contribution is 7.90. The Labute approximate surface area is 138 Å². The van der Waals surface area contributed by atoms with E-state index in [-0.39, 0.29) is 29.3 Å². The normalized spacial score (nSPS) is 21.8. The zero-order chi connectivity index (χ0) is 15.6. The highest BCUT2D eigenvalue weighted by Gasteiger charge is 2.23. The van der Waals surface area contributed by atoms with Crippen LogP contribution in [-0.4, -0.2) is 39.7 Å². The van der Waals surface area contributed by atoms with Gasteiger partial charge in [0.2, 0.25) is 0 Å². The van der Waals surface area contributed by atoms with E-state index in [0.717, 1.165) is 25.8 Å². The molecule has 1 aliphatic rings. The molecular formula is C15H23ClN2O3S. The highest BCUT2D eigenvalue weighted by Crippen LogP contribution is 2.18. The number of amides is 1. The second kappa shape index (κ2) is 7.44. The van der Waals surface area contributed by atoms with E-state index in [1.54, 1.807) is 19.1 Å². The first kappa shape index (κ1) is 18.9. The molecule has 1 fully saturated rings. The van der Waals surface area contributed by atoms with Crippen molar-refractivity contribution in [1.29, 1.82) is 0 Å². The smallest absolute Gasteiger partial charge is 0.251 e. The molecule has 22 heavy (non-hydrogen) atoms. The zero-order valence-corrected chi connectivity index (χ0v) is 14.7. The van der Waals surface area contributed by atoms with Gasteiger partial charge in [-0.25, -0.2) is 8.42 Å². The van der Waals surface area contributed by atoms with E-state index in [9.17, 15) is 13.2 Å². The molecule has 1 aromatic rings. The molecule has 124 valence electrons. The first-order chi connectivity index (χ1) is 9.79. The molecule has 2 N–H and O–H groups in total. The second-order valence-corrected chi connectivity index (χ2v) is 7.79. The fourth-order valence-corrected chi connectivity index (χ4v) is 3.57. The minimum Gasteiger partial charge on any atom is -0.348 e. The number of benzene rings is 1. The van der Waals surface area contributed by atoms with Crippen molar-refractivity contribution in [3.05, 3.63) is 29.3 Å². The fraction of sp³-hybridized carbons (Fsp3) is 0.533. The molecule has 0 bridgehead atoms. The minimum absolute atomic E-state index is 0. The van der Waals surface area contributed by atoms with Gasteiger partial charge in [-0.05, 0) is 43.5 Å². The predicted octanol–water partition coefficient (Wildman–Crippen LogP) is 1.55. The summed E-state index contributed by atoms with van der Waals surface area (Å²) in [4.78, 5) is 12.5. The van der Waals surface area contributed by atoms with Gasteiger partial charge in [-0.3, -0.25) is 4.79 Å². The van der Waals surface area contributed by atoms with Crippen LogP contribution in [0.5, 0.6) is 0 Å². The lowest BCUT2D eigenvalue weighted by Crippen LogP contribution is -2.50. The second-order valence-electron chi connectivity index (χ2n) is 5.80. The Balaban J connectivity index is 0.00000242. The number of carbonyl (C=O) groups excluding carboxylic acids is 1. The van der Waals surface area contributed by atoms with Gasteiger partial charge in [0, 0.05) is 24.4 Å². The number of nitrogens with one attached hydrogen (secondary N) is 2. The number of piperidine rings is 1. The minimum atomic E-state index is -3.33. The monoisotopic (exact) mass is 346 g/mol. The zero-order valence-electron chi connectivity index (χ0n) is 13.0. The van der Waals surface area contributed by atoms with E-state index in [0.29, 0.717) is 17.0 Å². The van der Waals surface area contributed by atoms with Crippen molar-refractivity contribution in [3.8, 4) is 0 Å². The van der Waals surface area contributed by atoms with Crippen molar-refractivity contribution in [1.82, 2.24) is 10.6 Å². The molecule has 1 saturated heterocycles. The lowest BCUT2D eigenvalue weighted by Gasteiger charge is -2.30. The third kappa shape index (κ3) is 4.44. The Hall–Kier alpha value is -1.11. The third-order valence-electron chi connectivity index (χ3n) is 3.99. The maximum Gasteiger partial charge on any atom is 0.251 e. The maximum atomic E-state index is 12.3. The van der Waals surface area contributed by atoms with Crippen LogP contribution in [0.2, 0.25) is 0 Å². The van der Waals surface area contributed by atoms with Gasteiger partial charge in [0.25, 0.3) is 5.91 Å². The summed E-state index contributed by atoms with van der Waals surface area (Å²) in [5, 5.41) is 6.24. The van der Waals surface area contributed by atoms with Crippen LogP contribution >= 0.6 is 12.4 Å². The number of hydrogen-bond donors (Lipinski definition) is 2. The summed E-state index contributed by atoms with van der Waals surface area (Å²) >= 11 is 0. The van der Waals surface area contributed by atoms with Crippen LogP contribution in [0.25, 0.3) is 0 Å². The maximum absolute atomic E-state index is 12.3.